The highest BCUT2D eigenvalue weighted by molar-refractivity contribution is 7.92. The molecule has 130 valence electrons. The highest BCUT2D eigenvalue weighted by atomic mass is 32.2. The Hall–Kier alpha value is -1.27. The monoisotopic (exact) mass is 339 g/mol. The van der Waals surface area contributed by atoms with E-state index in [4.69, 9.17) is 0 Å². The van der Waals surface area contributed by atoms with E-state index in [0.29, 0.717) is 24.1 Å². The molecule has 0 aliphatic carbocycles. The van der Waals surface area contributed by atoms with E-state index in [0.717, 1.165) is 31.7 Å². The number of piperidine rings is 1. The van der Waals surface area contributed by atoms with Gasteiger partial charge in [0.25, 0.3) is 0 Å². The van der Waals surface area contributed by atoms with Gasteiger partial charge in [-0.15, -0.1) is 0 Å². The first-order valence-electron chi connectivity index (χ1n) is 8.53. The van der Waals surface area contributed by atoms with Crippen molar-refractivity contribution in [2.45, 2.75) is 39.7 Å². The minimum atomic E-state index is -3.22. The van der Waals surface area contributed by atoms with Crippen LogP contribution in [0.5, 0.6) is 0 Å². The van der Waals surface area contributed by atoms with E-state index in [-0.39, 0.29) is 5.75 Å². The van der Waals surface area contributed by atoms with Crippen LogP contribution >= 0.6 is 0 Å². The summed E-state index contributed by atoms with van der Waals surface area (Å²) in [6.45, 7) is 9.73. The summed E-state index contributed by atoms with van der Waals surface area (Å²) < 4.78 is 26.2. The smallest absolute Gasteiger partial charge is 0.232 e. The lowest BCUT2D eigenvalue weighted by Gasteiger charge is -2.37. The number of likely N-dealkylation sites (tertiary alicyclic amines) is 1. The average Bonchev–Trinajstić information content (AvgIpc) is 2.50. The van der Waals surface area contributed by atoms with Crippen LogP contribution in [0.4, 0.5) is 11.4 Å². The first-order chi connectivity index (χ1) is 10.9. The van der Waals surface area contributed by atoms with E-state index in [2.05, 4.69) is 28.8 Å². The lowest BCUT2D eigenvalue weighted by atomic mass is 9.93. The first kappa shape index (κ1) is 18.1. The summed E-state index contributed by atoms with van der Waals surface area (Å²) in [5, 5.41) is 3.59. The fourth-order valence-corrected chi connectivity index (χ4v) is 4.22. The molecule has 1 fully saturated rings. The zero-order chi connectivity index (χ0) is 16.9. The number of rotatable bonds is 7. The van der Waals surface area contributed by atoms with E-state index in [9.17, 15) is 8.42 Å². The van der Waals surface area contributed by atoms with Gasteiger partial charge in [-0.1, -0.05) is 20.8 Å². The molecule has 0 aromatic heterocycles. The molecule has 1 aromatic carbocycles. The van der Waals surface area contributed by atoms with Gasteiger partial charge < -0.3 is 10.2 Å². The molecule has 23 heavy (non-hydrogen) atoms. The standard InChI is InChI=1S/C17H29N3O2S/c1-4-12-23(21,22)19-16-8-6-15(7-9-16)18-17-10-11-20(5-2)13-14(17)3/h6-9,14,17-19H,4-5,10-13H2,1-3H3. The maximum absolute atomic E-state index is 11.8. The second kappa shape index (κ2) is 8.02. The number of nitrogens with zero attached hydrogens (tertiary/aromatic N) is 1. The molecular formula is C17H29N3O2S. The summed E-state index contributed by atoms with van der Waals surface area (Å²) in [4.78, 5) is 2.48. The van der Waals surface area contributed by atoms with Crippen LogP contribution in [0, 0.1) is 5.92 Å². The zero-order valence-electron chi connectivity index (χ0n) is 14.4. The SMILES string of the molecule is CCCS(=O)(=O)Nc1ccc(NC2CCN(CC)CC2C)cc1. The van der Waals surface area contributed by atoms with E-state index < -0.39 is 10.0 Å². The minimum absolute atomic E-state index is 0.153. The van der Waals surface area contributed by atoms with Gasteiger partial charge in [0.1, 0.15) is 0 Å². The molecule has 2 rings (SSSR count). The van der Waals surface area contributed by atoms with Gasteiger partial charge in [0.15, 0.2) is 0 Å². The Morgan fingerprint density at radius 1 is 1.17 bits per heavy atom. The van der Waals surface area contributed by atoms with Gasteiger partial charge in [0.2, 0.25) is 10.0 Å². The maximum Gasteiger partial charge on any atom is 0.232 e. The Bertz CT molecular complexity index is 586. The molecule has 2 N–H and O–H groups in total. The fraction of sp³-hybridized carbons (Fsp3) is 0.647. The molecule has 0 bridgehead atoms. The van der Waals surface area contributed by atoms with Gasteiger partial charge in [0.05, 0.1) is 5.75 Å². The van der Waals surface area contributed by atoms with Crippen molar-refractivity contribution in [3.63, 3.8) is 0 Å². The molecule has 1 heterocycles. The van der Waals surface area contributed by atoms with Crippen LogP contribution < -0.4 is 10.0 Å². The summed E-state index contributed by atoms with van der Waals surface area (Å²) in [7, 11) is -3.22. The van der Waals surface area contributed by atoms with Crippen LogP contribution in [-0.4, -0.2) is 44.7 Å². The minimum Gasteiger partial charge on any atom is -0.382 e. The van der Waals surface area contributed by atoms with Crippen molar-refractivity contribution in [3.8, 4) is 0 Å². The van der Waals surface area contributed by atoms with Crippen molar-refractivity contribution >= 4 is 21.4 Å². The van der Waals surface area contributed by atoms with Gasteiger partial charge >= 0.3 is 0 Å². The van der Waals surface area contributed by atoms with E-state index in [1.54, 1.807) is 0 Å². The van der Waals surface area contributed by atoms with Crippen molar-refractivity contribution in [2.75, 3.05) is 35.4 Å². The molecule has 1 saturated heterocycles. The third-order valence-corrected chi connectivity index (χ3v) is 5.91. The Labute approximate surface area is 140 Å². The lowest BCUT2D eigenvalue weighted by Crippen LogP contribution is -2.44. The molecule has 2 atom stereocenters. The third kappa shape index (κ3) is 5.39. The first-order valence-corrected chi connectivity index (χ1v) is 10.2. The van der Waals surface area contributed by atoms with E-state index in [1.165, 1.54) is 0 Å². The van der Waals surface area contributed by atoms with Gasteiger partial charge in [0, 0.05) is 30.5 Å². The van der Waals surface area contributed by atoms with Gasteiger partial charge in [-0.3, -0.25) is 4.72 Å². The molecule has 2 unspecified atom stereocenters. The largest absolute Gasteiger partial charge is 0.382 e. The van der Waals surface area contributed by atoms with Crippen LogP contribution in [0.3, 0.4) is 0 Å². The Balaban J connectivity index is 1.93. The molecule has 0 spiro atoms. The van der Waals surface area contributed by atoms with Gasteiger partial charge in [-0.25, -0.2) is 8.42 Å². The predicted molar refractivity (Wildman–Crippen MR) is 97.4 cm³/mol. The number of benzene rings is 1. The van der Waals surface area contributed by atoms with Crippen LogP contribution in [0.2, 0.25) is 0 Å². The summed E-state index contributed by atoms with van der Waals surface area (Å²) in [5.41, 5.74) is 1.67. The molecule has 0 saturated carbocycles. The van der Waals surface area contributed by atoms with E-state index >= 15 is 0 Å². The Kier molecular flexibility index (Phi) is 6.30. The lowest BCUT2D eigenvalue weighted by molar-refractivity contribution is 0.179. The van der Waals surface area contributed by atoms with Crippen LogP contribution in [-0.2, 0) is 10.0 Å². The van der Waals surface area contributed by atoms with Crippen LogP contribution in [0.25, 0.3) is 0 Å². The molecule has 0 radical (unpaired) electrons. The number of hydrogen-bond donors (Lipinski definition) is 2. The second-order valence-corrected chi connectivity index (χ2v) is 8.25. The topological polar surface area (TPSA) is 61.4 Å². The molecule has 1 aliphatic rings. The van der Waals surface area contributed by atoms with Crippen LogP contribution in [0.15, 0.2) is 24.3 Å². The summed E-state index contributed by atoms with van der Waals surface area (Å²) >= 11 is 0. The van der Waals surface area contributed by atoms with Gasteiger partial charge in [-0.2, -0.15) is 0 Å². The maximum atomic E-state index is 11.8. The summed E-state index contributed by atoms with van der Waals surface area (Å²) in [6, 6.07) is 8.01. The molecule has 6 heteroatoms. The number of sulfonamides is 1. The molecule has 0 amide bonds. The van der Waals surface area contributed by atoms with Crippen molar-refractivity contribution in [1.82, 2.24) is 4.90 Å². The van der Waals surface area contributed by atoms with Crippen molar-refractivity contribution in [2.24, 2.45) is 5.92 Å². The Morgan fingerprint density at radius 2 is 1.83 bits per heavy atom. The molecule has 1 aliphatic heterocycles. The second-order valence-electron chi connectivity index (χ2n) is 6.41. The summed E-state index contributed by atoms with van der Waals surface area (Å²) in [5.74, 6) is 0.756. The molecular weight excluding hydrogens is 310 g/mol. The highest BCUT2D eigenvalue weighted by Crippen LogP contribution is 2.22. The predicted octanol–water partition coefficient (Wildman–Crippen LogP) is 2.98. The van der Waals surface area contributed by atoms with Crippen molar-refractivity contribution in [3.05, 3.63) is 24.3 Å². The number of nitrogens with one attached hydrogen (secondary N) is 2. The molecule has 1 aromatic rings. The van der Waals surface area contributed by atoms with Crippen molar-refractivity contribution < 1.29 is 8.42 Å². The third-order valence-electron chi connectivity index (χ3n) is 4.42. The average molecular weight is 340 g/mol. The van der Waals surface area contributed by atoms with Crippen molar-refractivity contribution in [1.29, 1.82) is 0 Å². The number of anilines is 2. The zero-order valence-corrected chi connectivity index (χ0v) is 15.2. The normalized spacial score (nSPS) is 22.7. The molecule has 5 nitrogen and oxygen atoms in total. The summed E-state index contributed by atoms with van der Waals surface area (Å²) in [6.07, 6.45) is 1.75. The van der Waals surface area contributed by atoms with Crippen LogP contribution in [0.1, 0.15) is 33.6 Å². The fourth-order valence-electron chi connectivity index (χ4n) is 3.08. The number of hydrogen-bond acceptors (Lipinski definition) is 4. The van der Waals surface area contributed by atoms with E-state index in [1.807, 2.05) is 31.2 Å². The quantitative estimate of drug-likeness (QED) is 0.802. The highest BCUT2D eigenvalue weighted by Gasteiger charge is 2.24. The Morgan fingerprint density at radius 3 is 2.39 bits per heavy atom. The van der Waals surface area contributed by atoms with Gasteiger partial charge in [-0.05, 0) is 49.6 Å².